The van der Waals surface area contributed by atoms with Crippen LogP contribution in [0, 0.1) is 0 Å². The first-order chi connectivity index (χ1) is 5.71. The minimum absolute atomic E-state index is 0.350. The smallest absolute Gasteiger partial charge is 0.403 e. The summed E-state index contributed by atoms with van der Waals surface area (Å²) < 4.78 is 4.17. The number of hydrogen-bond acceptors (Lipinski definition) is 4. The van der Waals surface area contributed by atoms with Gasteiger partial charge in [-0.1, -0.05) is 0 Å². The van der Waals surface area contributed by atoms with E-state index in [1.54, 1.807) is 6.92 Å². The maximum atomic E-state index is 9.90. The van der Waals surface area contributed by atoms with E-state index in [9.17, 15) is 9.59 Å². The van der Waals surface area contributed by atoms with Crippen molar-refractivity contribution in [2.45, 2.75) is 26.3 Å². The predicted molar refractivity (Wildman–Crippen MR) is 48.8 cm³/mol. The number of halogens is 1. The zero-order valence-electron chi connectivity index (χ0n) is 7.83. The van der Waals surface area contributed by atoms with Crippen molar-refractivity contribution in [2.24, 2.45) is 5.73 Å². The molecule has 0 aromatic heterocycles. The van der Waals surface area contributed by atoms with Gasteiger partial charge in [-0.05, 0) is 20.8 Å². The van der Waals surface area contributed by atoms with Crippen LogP contribution in [0.2, 0.25) is 0 Å². The molecule has 0 saturated heterocycles. The number of carboxylic acids is 1. The SMILES string of the molecule is CC(C)(N)C(=O)O.CCOC(=O)Cl. The largest absolute Gasteiger partial charge is 0.480 e. The topological polar surface area (TPSA) is 89.6 Å². The van der Waals surface area contributed by atoms with E-state index < -0.39 is 16.9 Å². The molecule has 0 spiro atoms. The summed E-state index contributed by atoms with van der Waals surface area (Å²) in [6.45, 7) is 4.92. The predicted octanol–water partition coefficient (Wildman–Crippen LogP) is 1.19. The highest BCUT2D eigenvalue weighted by Gasteiger charge is 2.19. The van der Waals surface area contributed by atoms with E-state index >= 15 is 0 Å². The number of carboxylic acid groups (broad SMARTS) is 1. The minimum Gasteiger partial charge on any atom is -0.480 e. The van der Waals surface area contributed by atoms with Crippen molar-refractivity contribution >= 4 is 23.0 Å². The molecular formula is C7H14ClNO4. The third kappa shape index (κ3) is 14.1. The molecule has 0 fully saturated rings. The first-order valence-electron chi connectivity index (χ1n) is 3.56. The lowest BCUT2D eigenvalue weighted by Gasteiger charge is -2.09. The minimum atomic E-state index is -1.08. The van der Waals surface area contributed by atoms with Crippen molar-refractivity contribution < 1.29 is 19.4 Å². The fourth-order valence-corrected chi connectivity index (χ4v) is 0.223. The van der Waals surface area contributed by atoms with Gasteiger partial charge in [0.2, 0.25) is 0 Å². The Bertz CT molecular complexity index is 176. The van der Waals surface area contributed by atoms with Crippen LogP contribution in [0.25, 0.3) is 0 Å². The summed E-state index contributed by atoms with van der Waals surface area (Å²) in [5, 5.41) is 8.12. The van der Waals surface area contributed by atoms with E-state index in [-0.39, 0.29) is 0 Å². The second-order valence-corrected chi connectivity index (χ2v) is 3.01. The average molecular weight is 212 g/mol. The number of rotatable bonds is 2. The molecular weight excluding hydrogens is 198 g/mol. The molecule has 0 atom stereocenters. The Balaban J connectivity index is 0. The summed E-state index contributed by atoms with van der Waals surface area (Å²) in [6.07, 6.45) is 0. The van der Waals surface area contributed by atoms with E-state index in [4.69, 9.17) is 22.4 Å². The Labute approximate surface area is 81.8 Å². The van der Waals surface area contributed by atoms with E-state index in [1.165, 1.54) is 13.8 Å². The standard InChI is InChI=1S/C4H9NO2.C3H5ClO2/c1-4(2,5)3(6)7;1-2-6-3(4)5/h5H2,1-2H3,(H,6,7);2H2,1H3. The molecule has 0 aliphatic heterocycles. The van der Waals surface area contributed by atoms with Crippen LogP contribution in [0.3, 0.4) is 0 Å². The van der Waals surface area contributed by atoms with Gasteiger partial charge >= 0.3 is 11.4 Å². The Hall–Kier alpha value is -0.810. The first-order valence-corrected chi connectivity index (χ1v) is 3.94. The van der Waals surface area contributed by atoms with Crippen LogP contribution in [-0.2, 0) is 9.53 Å². The Morgan fingerprint density at radius 3 is 1.85 bits per heavy atom. The molecule has 6 heteroatoms. The number of hydrogen-bond donors (Lipinski definition) is 2. The normalized spacial score (nSPS) is 9.62. The zero-order valence-corrected chi connectivity index (χ0v) is 8.59. The van der Waals surface area contributed by atoms with Crippen LogP contribution in [0.5, 0.6) is 0 Å². The van der Waals surface area contributed by atoms with Crippen LogP contribution in [0.15, 0.2) is 0 Å². The van der Waals surface area contributed by atoms with Gasteiger partial charge in [0.1, 0.15) is 5.54 Å². The molecule has 13 heavy (non-hydrogen) atoms. The molecule has 0 aliphatic carbocycles. The third-order valence-corrected chi connectivity index (χ3v) is 0.918. The summed E-state index contributed by atoms with van der Waals surface area (Å²) in [6, 6.07) is 0. The van der Waals surface area contributed by atoms with E-state index in [2.05, 4.69) is 4.74 Å². The number of ether oxygens (including phenoxy) is 1. The fraction of sp³-hybridized carbons (Fsp3) is 0.714. The summed E-state index contributed by atoms with van der Waals surface area (Å²) >= 11 is 4.72. The molecule has 0 radical (unpaired) electrons. The Morgan fingerprint density at radius 2 is 1.85 bits per heavy atom. The van der Waals surface area contributed by atoms with Crippen LogP contribution in [0.4, 0.5) is 4.79 Å². The second kappa shape index (κ2) is 6.68. The number of aliphatic carboxylic acids is 1. The van der Waals surface area contributed by atoms with Crippen LogP contribution < -0.4 is 5.73 Å². The van der Waals surface area contributed by atoms with Gasteiger partial charge in [0, 0.05) is 11.6 Å². The molecule has 0 bridgehead atoms. The van der Waals surface area contributed by atoms with Crippen LogP contribution >= 0.6 is 11.6 Å². The fourth-order valence-electron chi connectivity index (χ4n) is 0.113. The lowest BCUT2D eigenvalue weighted by atomic mass is 10.1. The van der Waals surface area contributed by atoms with E-state index in [0.29, 0.717) is 6.61 Å². The van der Waals surface area contributed by atoms with Crippen molar-refractivity contribution in [1.29, 1.82) is 0 Å². The van der Waals surface area contributed by atoms with Gasteiger partial charge < -0.3 is 15.6 Å². The lowest BCUT2D eigenvalue weighted by Crippen LogP contribution is -2.41. The van der Waals surface area contributed by atoms with Crippen molar-refractivity contribution in [3.8, 4) is 0 Å². The molecule has 0 aliphatic rings. The van der Waals surface area contributed by atoms with Crippen LogP contribution in [-0.4, -0.2) is 28.7 Å². The average Bonchev–Trinajstić information content (AvgIpc) is 1.85. The molecule has 0 aromatic carbocycles. The summed E-state index contributed by atoms with van der Waals surface area (Å²) in [5.74, 6) is -0.979. The molecule has 3 N–H and O–H groups in total. The molecule has 0 unspecified atom stereocenters. The maximum Gasteiger partial charge on any atom is 0.403 e. The van der Waals surface area contributed by atoms with Gasteiger partial charge in [0.25, 0.3) is 0 Å². The second-order valence-electron chi connectivity index (χ2n) is 2.70. The van der Waals surface area contributed by atoms with Gasteiger partial charge in [0.15, 0.2) is 0 Å². The molecule has 78 valence electrons. The summed E-state index contributed by atoms with van der Waals surface area (Å²) in [5.41, 5.74) is 3.26. The number of carbonyl (C=O) groups excluding carboxylic acids is 1. The highest BCUT2D eigenvalue weighted by atomic mass is 35.5. The Kier molecular flexibility index (Phi) is 7.55. The van der Waals surface area contributed by atoms with Gasteiger partial charge in [-0.25, -0.2) is 4.79 Å². The monoisotopic (exact) mass is 211 g/mol. The van der Waals surface area contributed by atoms with E-state index in [0.717, 1.165) is 0 Å². The maximum absolute atomic E-state index is 9.90. The number of nitrogens with two attached hydrogens (primary N) is 1. The molecule has 0 amide bonds. The Morgan fingerprint density at radius 1 is 1.54 bits per heavy atom. The summed E-state index contributed by atoms with van der Waals surface area (Å²) in [4.78, 5) is 19.5. The number of carbonyl (C=O) groups is 2. The van der Waals surface area contributed by atoms with Crippen molar-refractivity contribution in [3.05, 3.63) is 0 Å². The zero-order chi connectivity index (χ0) is 11.1. The van der Waals surface area contributed by atoms with Gasteiger partial charge in [0.05, 0.1) is 6.61 Å². The lowest BCUT2D eigenvalue weighted by molar-refractivity contribution is -0.141. The van der Waals surface area contributed by atoms with Crippen LogP contribution in [0.1, 0.15) is 20.8 Å². The molecule has 0 aromatic rings. The third-order valence-electron chi connectivity index (χ3n) is 0.809. The highest BCUT2D eigenvalue weighted by molar-refractivity contribution is 6.61. The quantitative estimate of drug-likeness (QED) is 0.670. The molecule has 0 rings (SSSR count). The van der Waals surface area contributed by atoms with Gasteiger partial charge in [-0.2, -0.15) is 0 Å². The van der Waals surface area contributed by atoms with Crippen molar-refractivity contribution in [3.63, 3.8) is 0 Å². The van der Waals surface area contributed by atoms with E-state index in [1.807, 2.05) is 0 Å². The molecule has 0 heterocycles. The van der Waals surface area contributed by atoms with Gasteiger partial charge in [-0.15, -0.1) is 0 Å². The van der Waals surface area contributed by atoms with Crippen molar-refractivity contribution in [2.75, 3.05) is 6.61 Å². The molecule has 0 saturated carbocycles. The molecule has 5 nitrogen and oxygen atoms in total. The summed E-state index contributed by atoms with van der Waals surface area (Å²) in [7, 11) is 0. The van der Waals surface area contributed by atoms with Gasteiger partial charge in [-0.3, -0.25) is 4.79 Å². The highest BCUT2D eigenvalue weighted by Crippen LogP contribution is 1.93. The van der Waals surface area contributed by atoms with Crippen molar-refractivity contribution in [1.82, 2.24) is 0 Å². The first kappa shape index (κ1) is 14.7.